The molecule has 1 heterocycles. The van der Waals surface area contributed by atoms with Gasteiger partial charge in [0, 0.05) is 0 Å². The lowest BCUT2D eigenvalue weighted by atomic mass is 10.3. The lowest BCUT2D eigenvalue weighted by molar-refractivity contribution is 0.0692. The number of benzene rings is 1. The summed E-state index contributed by atoms with van der Waals surface area (Å²) in [5.74, 6) is -0.300. The second kappa shape index (κ2) is 5.29. The molecule has 0 radical (unpaired) electrons. The summed E-state index contributed by atoms with van der Waals surface area (Å²) in [5.41, 5.74) is 0.0562. The molecule has 0 saturated heterocycles. The first-order valence-electron chi connectivity index (χ1n) is 4.73. The van der Waals surface area contributed by atoms with E-state index in [1.165, 1.54) is 6.07 Å². The number of carboxylic acid groups (broad SMARTS) is 1. The summed E-state index contributed by atoms with van der Waals surface area (Å²) in [6.07, 6.45) is 0. The van der Waals surface area contributed by atoms with E-state index in [2.05, 4.69) is 20.3 Å². The van der Waals surface area contributed by atoms with E-state index < -0.39 is 5.97 Å². The maximum absolute atomic E-state index is 10.6. The average Bonchev–Trinajstić information content (AvgIpc) is 2.77. The van der Waals surface area contributed by atoms with Gasteiger partial charge in [-0.05, 0) is 45.7 Å². The van der Waals surface area contributed by atoms with Gasteiger partial charge < -0.3 is 9.84 Å². The fourth-order valence-corrected chi connectivity index (χ4v) is 2.21. The molecule has 0 unspecified atom stereocenters. The number of para-hydroxylation sites is 1. The van der Waals surface area contributed by atoms with Gasteiger partial charge in [-0.3, -0.25) is 0 Å². The van der Waals surface area contributed by atoms with E-state index in [1.54, 1.807) is 0 Å². The van der Waals surface area contributed by atoms with Crippen LogP contribution in [-0.4, -0.2) is 15.4 Å². The molecular weight excluding hydrogens is 306 g/mol. The molecule has 1 aromatic heterocycles. The molecule has 88 valence electrons. The van der Waals surface area contributed by atoms with Gasteiger partial charge in [-0.2, -0.15) is 4.37 Å². The van der Waals surface area contributed by atoms with Crippen LogP contribution >= 0.6 is 27.5 Å². The van der Waals surface area contributed by atoms with E-state index in [1.807, 2.05) is 24.3 Å². The Bertz CT molecular complexity index is 541. The third-order valence-electron chi connectivity index (χ3n) is 1.98. The Morgan fingerprint density at radius 2 is 2.24 bits per heavy atom. The monoisotopic (exact) mass is 313 g/mol. The Morgan fingerprint density at radius 3 is 2.88 bits per heavy atom. The Balaban J connectivity index is 2.02. The number of aromatic carboxylic acids is 1. The van der Waals surface area contributed by atoms with E-state index in [9.17, 15) is 4.79 Å². The highest BCUT2D eigenvalue weighted by Crippen LogP contribution is 2.25. The average molecular weight is 314 g/mol. The number of hydrogen-bond donors (Lipinski definition) is 1. The number of aromatic nitrogens is 1. The quantitative estimate of drug-likeness (QED) is 0.941. The van der Waals surface area contributed by atoms with Crippen LogP contribution in [0.5, 0.6) is 5.75 Å². The molecule has 0 fully saturated rings. The van der Waals surface area contributed by atoms with Crippen molar-refractivity contribution in [3.63, 3.8) is 0 Å². The fourth-order valence-electron chi connectivity index (χ4n) is 1.19. The minimum Gasteiger partial charge on any atom is -0.487 e. The van der Waals surface area contributed by atoms with E-state index >= 15 is 0 Å². The minimum absolute atomic E-state index is 0.0562. The molecule has 0 spiro atoms. The van der Waals surface area contributed by atoms with Gasteiger partial charge in [0.1, 0.15) is 12.4 Å². The molecule has 1 N–H and O–H groups in total. The van der Waals surface area contributed by atoms with Gasteiger partial charge in [0.2, 0.25) is 0 Å². The molecule has 0 aliphatic carbocycles. The van der Waals surface area contributed by atoms with Crippen molar-refractivity contribution in [3.8, 4) is 5.75 Å². The van der Waals surface area contributed by atoms with Gasteiger partial charge >= 0.3 is 5.97 Å². The highest BCUT2D eigenvalue weighted by atomic mass is 79.9. The Hall–Kier alpha value is -1.40. The summed E-state index contributed by atoms with van der Waals surface area (Å²) >= 11 is 4.50. The molecule has 4 nitrogen and oxygen atoms in total. The topological polar surface area (TPSA) is 59.4 Å². The number of halogens is 1. The normalized spacial score (nSPS) is 10.2. The van der Waals surface area contributed by atoms with Crippen LogP contribution in [-0.2, 0) is 6.61 Å². The van der Waals surface area contributed by atoms with Crippen molar-refractivity contribution in [2.24, 2.45) is 0 Å². The van der Waals surface area contributed by atoms with Crippen LogP contribution in [0.2, 0.25) is 0 Å². The van der Waals surface area contributed by atoms with Gasteiger partial charge in [-0.1, -0.05) is 12.1 Å². The van der Waals surface area contributed by atoms with E-state index in [0.29, 0.717) is 6.61 Å². The summed E-state index contributed by atoms with van der Waals surface area (Å²) in [6.45, 7) is 0.313. The smallest absolute Gasteiger partial charge is 0.355 e. The van der Waals surface area contributed by atoms with Crippen molar-refractivity contribution in [1.29, 1.82) is 0 Å². The third kappa shape index (κ3) is 3.04. The minimum atomic E-state index is -1.02. The third-order valence-corrected chi connectivity index (χ3v) is 3.40. The SMILES string of the molecule is O=C(O)c1cc(COc2ccccc2Br)sn1. The van der Waals surface area contributed by atoms with Crippen LogP contribution in [0.1, 0.15) is 15.4 Å². The van der Waals surface area contributed by atoms with Crippen molar-refractivity contribution in [2.75, 3.05) is 0 Å². The molecule has 0 aliphatic heterocycles. The first-order chi connectivity index (χ1) is 8.16. The molecule has 1 aromatic carbocycles. The van der Waals surface area contributed by atoms with Crippen LogP contribution in [0.3, 0.4) is 0 Å². The molecule has 0 aliphatic rings. The predicted octanol–water partition coefficient (Wildman–Crippen LogP) is 3.18. The van der Waals surface area contributed by atoms with Crippen molar-refractivity contribution < 1.29 is 14.6 Å². The highest BCUT2D eigenvalue weighted by Gasteiger charge is 2.09. The number of ether oxygens (including phenoxy) is 1. The van der Waals surface area contributed by atoms with E-state index in [0.717, 1.165) is 26.6 Å². The number of carbonyl (C=O) groups is 1. The Kier molecular flexibility index (Phi) is 3.75. The molecule has 0 bridgehead atoms. The second-order valence-corrected chi connectivity index (χ2v) is 4.95. The van der Waals surface area contributed by atoms with Gasteiger partial charge in [-0.15, -0.1) is 0 Å². The molecule has 0 amide bonds. The maximum Gasteiger partial charge on any atom is 0.355 e. The van der Waals surface area contributed by atoms with Crippen molar-refractivity contribution in [2.45, 2.75) is 6.61 Å². The number of nitrogens with zero attached hydrogens (tertiary/aromatic N) is 1. The van der Waals surface area contributed by atoms with E-state index in [4.69, 9.17) is 9.84 Å². The highest BCUT2D eigenvalue weighted by molar-refractivity contribution is 9.10. The molecule has 2 rings (SSSR count). The molecular formula is C11H8BrNO3S. The first-order valence-corrected chi connectivity index (χ1v) is 6.29. The summed E-state index contributed by atoms with van der Waals surface area (Å²) in [6, 6.07) is 9.00. The standard InChI is InChI=1S/C11H8BrNO3S/c12-8-3-1-2-4-10(8)16-6-7-5-9(11(14)15)13-17-7/h1-5H,6H2,(H,14,15). The Morgan fingerprint density at radius 1 is 1.47 bits per heavy atom. The van der Waals surface area contributed by atoms with Crippen molar-refractivity contribution >= 4 is 33.4 Å². The summed E-state index contributed by atoms with van der Waals surface area (Å²) in [5, 5.41) is 8.72. The van der Waals surface area contributed by atoms with Crippen LogP contribution in [0.15, 0.2) is 34.8 Å². The molecule has 0 saturated carbocycles. The summed E-state index contributed by atoms with van der Waals surface area (Å²) in [7, 11) is 0. The van der Waals surface area contributed by atoms with Crippen LogP contribution < -0.4 is 4.74 Å². The van der Waals surface area contributed by atoms with Crippen molar-refractivity contribution in [1.82, 2.24) is 4.37 Å². The number of carboxylic acids is 1. The van der Waals surface area contributed by atoms with Crippen LogP contribution in [0.25, 0.3) is 0 Å². The second-order valence-electron chi connectivity index (χ2n) is 3.20. The lowest BCUT2D eigenvalue weighted by Gasteiger charge is -2.05. The zero-order valence-corrected chi connectivity index (χ0v) is 11.0. The molecule has 17 heavy (non-hydrogen) atoms. The zero-order valence-electron chi connectivity index (χ0n) is 8.59. The van der Waals surface area contributed by atoms with E-state index in [-0.39, 0.29) is 5.69 Å². The van der Waals surface area contributed by atoms with Gasteiger partial charge in [-0.25, -0.2) is 4.79 Å². The molecule has 2 aromatic rings. The first kappa shape index (κ1) is 12.1. The van der Waals surface area contributed by atoms with Gasteiger partial charge in [0.05, 0.1) is 9.35 Å². The number of rotatable bonds is 4. The predicted molar refractivity (Wildman–Crippen MR) is 67.5 cm³/mol. The fraction of sp³-hybridized carbons (Fsp3) is 0.0909. The van der Waals surface area contributed by atoms with Crippen LogP contribution in [0.4, 0.5) is 0 Å². The number of hydrogen-bond acceptors (Lipinski definition) is 4. The Labute approximate surface area is 110 Å². The largest absolute Gasteiger partial charge is 0.487 e. The summed E-state index contributed by atoms with van der Waals surface area (Å²) < 4.78 is 10.2. The maximum atomic E-state index is 10.6. The molecule has 0 atom stereocenters. The zero-order chi connectivity index (χ0) is 12.3. The van der Waals surface area contributed by atoms with Gasteiger partial charge in [0.15, 0.2) is 5.69 Å². The van der Waals surface area contributed by atoms with Gasteiger partial charge in [0.25, 0.3) is 0 Å². The van der Waals surface area contributed by atoms with Crippen LogP contribution in [0, 0.1) is 0 Å². The lowest BCUT2D eigenvalue weighted by Crippen LogP contribution is -1.96. The van der Waals surface area contributed by atoms with Crippen molar-refractivity contribution in [3.05, 3.63) is 45.4 Å². The molecule has 6 heteroatoms. The summed E-state index contributed by atoms with van der Waals surface area (Å²) in [4.78, 5) is 11.4.